The maximum Gasteiger partial charge on any atom is 0.194 e. The number of ketones is 1. The average Bonchev–Trinajstić information content (AvgIpc) is 2.48. The van der Waals surface area contributed by atoms with Gasteiger partial charge in [-0.1, -0.05) is 39.1 Å². The van der Waals surface area contributed by atoms with Crippen molar-refractivity contribution in [3.8, 4) is 0 Å². The Bertz CT molecular complexity index is 768. The number of carbonyl (C=O) groups is 1. The Balaban J connectivity index is 2.38. The normalized spacial score (nSPS) is 13.6. The first-order valence-electron chi connectivity index (χ1n) is 6.44. The van der Waals surface area contributed by atoms with Crippen LogP contribution in [0, 0.1) is 0 Å². The zero-order valence-electron chi connectivity index (χ0n) is 11.8. The Labute approximate surface area is 154 Å². The standard InChI is InChI=1S/C15H12BrCl2NO3S/c1-8(19-23(21)22)11-6-13(16)12(7-14(11)18)15(20)9-2-4-10(17)5-3-9/h2-8,19H,1H3,(H,21,22)/p-1. The maximum absolute atomic E-state index is 12.5. The molecule has 2 unspecified atom stereocenters. The van der Waals surface area contributed by atoms with Gasteiger partial charge in [0.15, 0.2) is 5.78 Å². The van der Waals surface area contributed by atoms with E-state index in [1.54, 1.807) is 37.3 Å². The minimum absolute atomic E-state index is 0.213. The highest BCUT2D eigenvalue weighted by molar-refractivity contribution is 9.10. The molecule has 0 amide bonds. The van der Waals surface area contributed by atoms with E-state index in [0.717, 1.165) is 0 Å². The molecule has 0 fully saturated rings. The van der Waals surface area contributed by atoms with Crippen LogP contribution in [0.2, 0.25) is 10.0 Å². The van der Waals surface area contributed by atoms with E-state index < -0.39 is 17.3 Å². The molecule has 8 heteroatoms. The highest BCUT2D eigenvalue weighted by Crippen LogP contribution is 2.31. The highest BCUT2D eigenvalue weighted by atomic mass is 79.9. The number of carbonyl (C=O) groups excluding carboxylic acids is 1. The fraction of sp³-hybridized carbons (Fsp3) is 0.133. The molecule has 23 heavy (non-hydrogen) atoms. The van der Waals surface area contributed by atoms with Gasteiger partial charge in [0.2, 0.25) is 0 Å². The summed E-state index contributed by atoms with van der Waals surface area (Å²) in [5.41, 5.74) is 1.43. The minimum atomic E-state index is -2.41. The third kappa shape index (κ3) is 4.62. The predicted octanol–water partition coefficient (Wildman–Crippen LogP) is 4.43. The number of nitrogens with one attached hydrogen (secondary N) is 1. The first-order chi connectivity index (χ1) is 10.8. The third-order valence-electron chi connectivity index (χ3n) is 3.18. The van der Waals surface area contributed by atoms with Crippen LogP contribution in [0.15, 0.2) is 40.9 Å². The fourth-order valence-corrected chi connectivity index (χ4v) is 3.44. The van der Waals surface area contributed by atoms with E-state index in [1.807, 2.05) is 0 Å². The Morgan fingerprint density at radius 2 is 1.87 bits per heavy atom. The van der Waals surface area contributed by atoms with Gasteiger partial charge < -0.3 is 4.55 Å². The molecule has 2 aromatic rings. The quantitative estimate of drug-likeness (QED) is 0.557. The van der Waals surface area contributed by atoms with Crippen molar-refractivity contribution in [2.24, 2.45) is 0 Å². The van der Waals surface area contributed by atoms with E-state index in [4.69, 9.17) is 23.2 Å². The van der Waals surface area contributed by atoms with Crippen molar-refractivity contribution in [2.75, 3.05) is 0 Å². The lowest BCUT2D eigenvalue weighted by molar-refractivity contribution is 0.103. The predicted molar refractivity (Wildman–Crippen MR) is 94.5 cm³/mol. The Hall–Kier alpha value is -0.760. The molecule has 0 spiro atoms. The van der Waals surface area contributed by atoms with Crippen LogP contribution in [-0.4, -0.2) is 14.5 Å². The van der Waals surface area contributed by atoms with Crippen molar-refractivity contribution in [1.29, 1.82) is 0 Å². The summed E-state index contributed by atoms with van der Waals surface area (Å²) in [6, 6.07) is 9.16. The zero-order valence-corrected chi connectivity index (χ0v) is 15.7. The van der Waals surface area contributed by atoms with Gasteiger partial charge in [-0.25, -0.2) is 4.72 Å². The Morgan fingerprint density at radius 1 is 1.26 bits per heavy atom. The third-order valence-corrected chi connectivity index (χ3v) is 4.96. The van der Waals surface area contributed by atoms with Crippen LogP contribution in [0.1, 0.15) is 34.5 Å². The molecule has 0 heterocycles. The van der Waals surface area contributed by atoms with Crippen LogP contribution in [0.25, 0.3) is 0 Å². The molecule has 0 bridgehead atoms. The second kappa shape index (κ2) is 7.88. The smallest absolute Gasteiger partial charge is 0.194 e. The SMILES string of the molecule is CC(NS(=O)[O-])c1cc(Br)c(C(=O)c2ccc(Cl)cc2)cc1Cl. The van der Waals surface area contributed by atoms with Crippen LogP contribution in [0.4, 0.5) is 0 Å². The van der Waals surface area contributed by atoms with Gasteiger partial charge >= 0.3 is 0 Å². The molecule has 0 aliphatic heterocycles. The Morgan fingerprint density at radius 3 is 2.43 bits per heavy atom. The molecule has 122 valence electrons. The molecule has 2 atom stereocenters. The summed E-state index contributed by atoms with van der Waals surface area (Å²) in [5.74, 6) is -0.213. The van der Waals surface area contributed by atoms with Gasteiger partial charge in [-0.15, -0.1) is 0 Å². The summed E-state index contributed by atoms with van der Waals surface area (Å²) in [7, 11) is 0. The van der Waals surface area contributed by atoms with Crippen LogP contribution >= 0.6 is 39.1 Å². The largest absolute Gasteiger partial charge is 0.760 e. The van der Waals surface area contributed by atoms with Crippen LogP contribution in [0.5, 0.6) is 0 Å². The summed E-state index contributed by atoms with van der Waals surface area (Å²) in [4.78, 5) is 12.5. The zero-order chi connectivity index (χ0) is 17.1. The topological polar surface area (TPSA) is 69.2 Å². The molecule has 2 rings (SSSR count). The summed E-state index contributed by atoms with van der Waals surface area (Å²) < 4.78 is 24.3. The molecule has 0 saturated heterocycles. The second-order valence-corrected chi connectivity index (χ2v) is 7.17. The van der Waals surface area contributed by atoms with Crippen molar-refractivity contribution < 1.29 is 13.6 Å². The lowest BCUT2D eigenvalue weighted by Crippen LogP contribution is -2.21. The Kier molecular flexibility index (Phi) is 6.36. The number of rotatable bonds is 5. The van der Waals surface area contributed by atoms with Crippen LogP contribution in [0.3, 0.4) is 0 Å². The molecule has 2 aromatic carbocycles. The molecule has 0 aromatic heterocycles. The van der Waals surface area contributed by atoms with Crippen LogP contribution in [-0.2, 0) is 11.3 Å². The first-order valence-corrected chi connectivity index (χ1v) is 9.06. The molecule has 0 aliphatic rings. The molecule has 0 saturated carbocycles. The van der Waals surface area contributed by atoms with Crippen molar-refractivity contribution in [3.05, 3.63) is 67.6 Å². The maximum atomic E-state index is 12.5. The number of hydrogen-bond donors (Lipinski definition) is 1. The van der Waals surface area contributed by atoms with E-state index in [-0.39, 0.29) is 5.78 Å². The van der Waals surface area contributed by atoms with E-state index >= 15 is 0 Å². The van der Waals surface area contributed by atoms with Gasteiger partial charge in [0.05, 0.1) is 0 Å². The van der Waals surface area contributed by atoms with Crippen molar-refractivity contribution in [3.63, 3.8) is 0 Å². The van der Waals surface area contributed by atoms with Gasteiger partial charge in [-0.05, 0) is 48.9 Å². The second-order valence-electron chi connectivity index (χ2n) is 4.76. The molecule has 4 nitrogen and oxygen atoms in total. The highest BCUT2D eigenvalue weighted by Gasteiger charge is 2.18. The van der Waals surface area contributed by atoms with Gasteiger partial charge in [-0.3, -0.25) is 9.00 Å². The molecular weight excluding hydrogens is 425 g/mol. The summed E-state index contributed by atoms with van der Waals surface area (Å²) in [6.45, 7) is 1.66. The average molecular weight is 436 g/mol. The van der Waals surface area contributed by atoms with E-state index in [0.29, 0.717) is 31.2 Å². The summed E-state index contributed by atoms with van der Waals surface area (Å²) in [5, 5.41) is 0.843. The monoisotopic (exact) mass is 434 g/mol. The summed E-state index contributed by atoms with van der Waals surface area (Å²) >= 11 is 12.9. The fourth-order valence-electron chi connectivity index (χ4n) is 2.03. The minimum Gasteiger partial charge on any atom is -0.760 e. The van der Waals surface area contributed by atoms with Crippen molar-refractivity contribution in [1.82, 2.24) is 4.72 Å². The first kappa shape index (κ1) is 18.6. The lowest BCUT2D eigenvalue weighted by atomic mass is 10.0. The van der Waals surface area contributed by atoms with Gasteiger partial charge in [0.1, 0.15) is 0 Å². The van der Waals surface area contributed by atoms with Crippen molar-refractivity contribution in [2.45, 2.75) is 13.0 Å². The van der Waals surface area contributed by atoms with Gasteiger partial charge in [0.25, 0.3) is 0 Å². The van der Waals surface area contributed by atoms with Crippen LogP contribution < -0.4 is 4.72 Å². The van der Waals surface area contributed by atoms with Gasteiger partial charge in [-0.2, -0.15) is 0 Å². The van der Waals surface area contributed by atoms with Gasteiger partial charge in [0, 0.05) is 43.0 Å². The van der Waals surface area contributed by atoms with E-state index in [1.165, 1.54) is 6.07 Å². The summed E-state index contributed by atoms with van der Waals surface area (Å²) in [6.07, 6.45) is 0. The van der Waals surface area contributed by atoms with E-state index in [2.05, 4.69) is 20.7 Å². The van der Waals surface area contributed by atoms with E-state index in [9.17, 15) is 13.6 Å². The lowest BCUT2D eigenvalue weighted by Gasteiger charge is -2.18. The number of benzene rings is 2. The van der Waals surface area contributed by atoms with Crippen molar-refractivity contribution >= 4 is 56.2 Å². The number of halogens is 3. The molecule has 1 N–H and O–H groups in total. The number of hydrogen-bond acceptors (Lipinski definition) is 3. The molecular formula is C15H11BrCl2NO3S-. The molecule has 0 radical (unpaired) electrons. The molecule has 0 aliphatic carbocycles.